The molecule has 1 aromatic rings. The smallest absolute Gasteiger partial charge is 0.165 e. The van der Waals surface area contributed by atoms with Gasteiger partial charge in [0.2, 0.25) is 0 Å². The summed E-state index contributed by atoms with van der Waals surface area (Å²) in [6.45, 7) is 14.7. The van der Waals surface area contributed by atoms with Gasteiger partial charge in [-0.25, -0.2) is 4.39 Å². The molecule has 0 N–H and O–H groups in total. The van der Waals surface area contributed by atoms with Gasteiger partial charge in [0.25, 0.3) is 0 Å². The molecule has 2 nitrogen and oxygen atoms in total. The summed E-state index contributed by atoms with van der Waals surface area (Å²) in [5, 5.41) is 0. The highest BCUT2D eigenvalue weighted by atomic mass is 19.1. The molecule has 0 saturated carbocycles. The Morgan fingerprint density at radius 3 is 2.18 bits per heavy atom. The van der Waals surface area contributed by atoms with Crippen molar-refractivity contribution in [3.05, 3.63) is 29.6 Å². The first-order chi connectivity index (χ1) is 10.1. The van der Waals surface area contributed by atoms with Crippen molar-refractivity contribution in [1.82, 2.24) is 0 Å². The second-order valence-electron chi connectivity index (χ2n) is 8.02. The predicted molar refractivity (Wildman–Crippen MR) is 90.1 cm³/mol. The lowest BCUT2D eigenvalue weighted by Crippen LogP contribution is -2.12. The van der Waals surface area contributed by atoms with Crippen molar-refractivity contribution < 1.29 is 13.9 Å². The highest BCUT2D eigenvalue weighted by Gasteiger charge is 2.16. The lowest BCUT2D eigenvalue weighted by atomic mass is 9.87. The number of rotatable bonds is 7. The molecule has 3 heteroatoms. The maximum absolute atomic E-state index is 14.0. The molecule has 22 heavy (non-hydrogen) atoms. The molecule has 0 atom stereocenters. The van der Waals surface area contributed by atoms with Crippen LogP contribution in [0.4, 0.5) is 4.39 Å². The second kappa shape index (κ2) is 7.96. The van der Waals surface area contributed by atoms with E-state index in [0.29, 0.717) is 24.4 Å². The van der Waals surface area contributed by atoms with Crippen molar-refractivity contribution in [3.8, 4) is 5.75 Å². The van der Waals surface area contributed by atoms with Gasteiger partial charge in [-0.15, -0.1) is 0 Å². The molecule has 126 valence electrons. The van der Waals surface area contributed by atoms with Crippen LogP contribution < -0.4 is 4.74 Å². The van der Waals surface area contributed by atoms with E-state index in [2.05, 4.69) is 41.5 Å². The van der Waals surface area contributed by atoms with Crippen molar-refractivity contribution in [3.63, 3.8) is 0 Å². The van der Waals surface area contributed by atoms with Crippen molar-refractivity contribution in [2.45, 2.75) is 59.8 Å². The Labute approximate surface area is 135 Å². The zero-order chi connectivity index (χ0) is 16.8. The maximum atomic E-state index is 14.0. The van der Waals surface area contributed by atoms with E-state index in [1.165, 1.54) is 0 Å². The average molecular weight is 310 g/mol. The summed E-state index contributed by atoms with van der Waals surface area (Å²) in [5.74, 6) is 0.0313. The Kier molecular flexibility index (Phi) is 6.86. The zero-order valence-electron chi connectivity index (χ0n) is 15.0. The highest BCUT2D eigenvalue weighted by Crippen LogP contribution is 2.27. The van der Waals surface area contributed by atoms with Crippen LogP contribution in [-0.2, 0) is 10.2 Å². The SMILES string of the molecule is CC(C)(C)CCOCCCOc1ccc(C(C)(C)C)cc1F. The number of halogens is 1. The summed E-state index contributed by atoms with van der Waals surface area (Å²) in [6.07, 6.45) is 1.81. The normalized spacial score (nSPS) is 12.5. The third-order valence-corrected chi connectivity index (χ3v) is 3.48. The van der Waals surface area contributed by atoms with Crippen LogP contribution >= 0.6 is 0 Å². The summed E-state index contributed by atoms with van der Waals surface area (Å²) < 4.78 is 25.1. The van der Waals surface area contributed by atoms with Gasteiger partial charge in [-0.3, -0.25) is 0 Å². The molecule has 0 aromatic heterocycles. The van der Waals surface area contributed by atoms with Gasteiger partial charge in [-0.05, 0) is 34.9 Å². The van der Waals surface area contributed by atoms with Gasteiger partial charge >= 0.3 is 0 Å². The van der Waals surface area contributed by atoms with Crippen LogP contribution in [0.1, 0.15) is 59.9 Å². The van der Waals surface area contributed by atoms with Gasteiger partial charge in [-0.2, -0.15) is 0 Å². The fraction of sp³-hybridized carbons (Fsp3) is 0.684. The number of benzene rings is 1. The van der Waals surface area contributed by atoms with E-state index in [0.717, 1.165) is 25.0 Å². The molecule has 0 amide bonds. The molecule has 1 rings (SSSR count). The maximum Gasteiger partial charge on any atom is 0.165 e. The minimum absolute atomic E-state index is 0.0553. The standard InChI is InChI=1S/C19H31FO2/c1-18(2,3)10-13-21-11-7-12-22-17-9-8-15(14-16(17)20)19(4,5)6/h8-9,14H,7,10-13H2,1-6H3. The molecular weight excluding hydrogens is 279 g/mol. The van der Waals surface area contributed by atoms with E-state index in [1.54, 1.807) is 12.1 Å². The van der Waals surface area contributed by atoms with E-state index in [4.69, 9.17) is 9.47 Å². The summed E-state index contributed by atoms with van der Waals surface area (Å²) in [7, 11) is 0. The molecule has 0 bridgehead atoms. The first-order valence-electron chi connectivity index (χ1n) is 8.10. The highest BCUT2D eigenvalue weighted by molar-refractivity contribution is 5.32. The van der Waals surface area contributed by atoms with Gasteiger partial charge in [0, 0.05) is 19.6 Å². The minimum Gasteiger partial charge on any atom is -0.490 e. The Balaban J connectivity index is 2.28. The third-order valence-electron chi connectivity index (χ3n) is 3.48. The molecule has 0 aliphatic heterocycles. The largest absolute Gasteiger partial charge is 0.490 e. The van der Waals surface area contributed by atoms with Crippen LogP contribution in [0.3, 0.4) is 0 Å². The van der Waals surface area contributed by atoms with Crippen molar-refractivity contribution in [2.75, 3.05) is 19.8 Å². The Morgan fingerprint density at radius 1 is 0.955 bits per heavy atom. The van der Waals surface area contributed by atoms with Crippen LogP contribution in [0.15, 0.2) is 18.2 Å². The molecule has 0 aliphatic rings. The molecule has 0 saturated heterocycles. The van der Waals surface area contributed by atoms with E-state index in [-0.39, 0.29) is 11.2 Å². The Hall–Kier alpha value is -1.09. The summed E-state index contributed by atoms with van der Waals surface area (Å²) in [6, 6.07) is 5.21. The molecule has 0 unspecified atom stereocenters. The molecule has 0 spiro atoms. The van der Waals surface area contributed by atoms with Gasteiger partial charge in [0.15, 0.2) is 11.6 Å². The second-order valence-corrected chi connectivity index (χ2v) is 8.02. The Morgan fingerprint density at radius 2 is 1.64 bits per heavy atom. The Bertz CT molecular complexity index is 455. The number of ether oxygens (including phenoxy) is 2. The molecule has 1 aromatic carbocycles. The van der Waals surface area contributed by atoms with Crippen LogP contribution in [0.2, 0.25) is 0 Å². The van der Waals surface area contributed by atoms with Gasteiger partial charge in [-0.1, -0.05) is 47.6 Å². The van der Waals surface area contributed by atoms with Crippen LogP contribution in [0.5, 0.6) is 5.75 Å². The minimum atomic E-state index is -0.291. The first kappa shape index (κ1) is 19.0. The molecule has 0 aliphatic carbocycles. The van der Waals surface area contributed by atoms with Crippen molar-refractivity contribution in [2.24, 2.45) is 5.41 Å². The average Bonchev–Trinajstić information content (AvgIpc) is 2.36. The summed E-state index contributed by atoms with van der Waals surface area (Å²) >= 11 is 0. The van der Waals surface area contributed by atoms with Crippen LogP contribution in [-0.4, -0.2) is 19.8 Å². The first-order valence-corrected chi connectivity index (χ1v) is 8.10. The third kappa shape index (κ3) is 7.26. The quantitative estimate of drug-likeness (QED) is 0.632. The van der Waals surface area contributed by atoms with Crippen molar-refractivity contribution >= 4 is 0 Å². The topological polar surface area (TPSA) is 18.5 Å². The monoisotopic (exact) mass is 310 g/mol. The van der Waals surface area contributed by atoms with Crippen LogP contribution in [0.25, 0.3) is 0 Å². The van der Waals surface area contributed by atoms with Crippen molar-refractivity contribution in [1.29, 1.82) is 0 Å². The van der Waals surface area contributed by atoms with Gasteiger partial charge < -0.3 is 9.47 Å². The molecule has 0 fully saturated rings. The molecule has 0 heterocycles. The van der Waals surface area contributed by atoms with Gasteiger partial charge in [0.1, 0.15) is 0 Å². The predicted octanol–water partition coefficient (Wildman–Crippen LogP) is 5.34. The lowest BCUT2D eigenvalue weighted by molar-refractivity contribution is 0.0969. The fourth-order valence-electron chi connectivity index (χ4n) is 1.91. The summed E-state index contributed by atoms with van der Waals surface area (Å²) in [4.78, 5) is 0. The van der Waals surface area contributed by atoms with Gasteiger partial charge in [0.05, 0.1) is 6.61 Å². The van der Waals surface area contributed by atoms with E-state index in [9.17, 15) is 4.39 Å². The number of hydrogen-bond donors (Lipinski definition) is 0. The van der Waals surface area contributed by atoms with E-state index >= 15 is 0 Å². The van der Waals surface area contributed by atoms with E-state index in [1.807, 2.05) is 6.07 Å². The van der Waals surface area contributed by atoms with Crippen LogP contribution in [0, 0.1) is 11.2 Å². The molecular formula is C19H31FO2. The van der Waals surface area contributed by atoms with E-state index < -0.39 is 0 Å². The fourth-order valence-corrected chi connectivity index (χ4v) is 1.91. The lowest BCUT2D eigenvalue weighted by Gasteiger charge is -2.19. The zero-order valence-corrected chi connectivity index (χ0v) is 15.0. The number of hydrogen-bond acceptors (Lipinski definition) is 2. The molecule has 0 radical (unpaired) electrons. The summed E-state index contributed by atoms with van der Waals surface area (Å²) in [5.41, 5.74) is 1.22.